The van der Waals surface area contributed by atoms with E-state index >= 15 is 0 Å². The van der Waals surface area contributed by atoms with Crippen molar-refractivity contribution in [1.29, 1.82) is 0 Å². The molecule has 0 saturated carbocycles. The molecule has 1 aromatic carbocycles. The Morgan fingerprint density at radius 2 is 2.12 bits per heavy atom. The topological polar surface area (TPSA) is 84.3 Å². The maximum atomic E-state index is 12.4. The molecule has 2 aromatic rings. The molecule has 2 heterocycles. The van der Waals surface area contributed by atoms with E-state index in [2.05, 4.69) is 20.9 Å². The predicted molar refractivity (Wildman–Crippen MR) is 101 cm³/mol. The van der Waals surface area contributed by atoms with Crippen LogP contribution in [0.25, 0.3) is 11.0 Å². The van der Waals surface area contributed by atoms with Gasteiger partial charge in [-0.1, -0.05) is 12.1 Å². The van der Waals surface area contributed by atoms with Gasteiger partial charge in [0.15, 0.2) is 0 Å². The molecule has 0 radical (unpaired) electrons. The third kappa shape index (κ3) is 4.24. The molecular weight excluding hydrogens is 352 g/mol. The van der Waals surface area contributed by atoms with Crippen LogP contribution >= 0.6 is 0 Å². The first-order valence-corrected chi connectivity index (χ1v) is 10.9. The van der Waals surface area contributed by atoms with Gasteiger partial charge in [0, 0.05) is 26.2 Å². The minimum Gasteiger partial charge on any atom is -0.356 e. The minimum absolute atomic E-state index is 0.0504. The number of aromatic nitrogens is 2. The number of nitrogens with one attached hydrogen (secondary N) is 1. The van der Waals surface area contributed by atoms with Gasteiger partial charge in [-0.2, -0.15) is 0 Å². The van der Waals surface area contributed by atoms with E-state index in [-0.39, 0.29) is 18.4 Å². The Morgan fingerprint density at radius 3 is 2.88 bits per heavy atom. The van der Waals surface area contributed by atoms with Gasteiger partial charge in [-0.3, -0.25) is 4.79 Å². The van der Waals surface area contributed by atoms with Crippen LogP contribution in [0.2, 0.25) is 0 Å². The summed E-state index contributed by atoms with van der Waals surface area (Å²) in [4.78, 5) is 16.9. The number of rotatable bonds is 6. The molecule has 1 aliphatic rings. The van der Waals surface area contributed by atoms with Crippen molar-refractivity contribution in [3.8, 4) is 0 Å². The average molecular weight is 378 g/mol. The van der Waals surface area contributed by atoms with Gasteiger partial charge in [-0.25, -0.2) is 17.7 Å². The van der Waals surface area contributed by atoms with Gasteiger partial charge >= 0.3 is 0 Å². The fourth-order valence-electron chi connectivity index (χ4n) is 3.53. The molecule has 1 N–H and O–H groups in total. The smallest absolute Gasteiger partial charge is 0.224 e. The Bertz CT molecular complexity index is 891. The van der Waals surface area contributed by atoms with E-state index in [1.165, 1.54) is 10.6 Å². The Kier molecular flexibility index (Phi) is 5.62. The zero-order chi connectivity index (χ0) is 18.7. The highest BCUT2D eigenvalue weighted by Crippen LogP contribution is 2.19. The zero-order valence-corrected chi connectivity index (χ0v) is 16.1. The number of piperidine rings is 1. The number of hydrogen-bond donors (Lipinski definition) is 1. The second kappa shape index (κ2) is 7.75. The summed E-state index contributed by atoms with van der Waals surface area (Å²) in [5.41, 5.74) is 2.09. The summed E-state index contributed by atoms with van der Waals surface area (Å²) in [5.74, 6) is 0.661. The molecule has 1 unspecified atom stereocenters. The largest absolute Gasteiger partial charge is 0.356 e. The molecular formula is C18H26N4O3S. The highest BCUT2D eigenvalue weighted by Gasteiger charge is 2.29. The molecule has 7 nitrogen and oxygen atoms in total. The molecule has 1 saturated heterocycles. The first-order valence-electron chi connectivity index (χ1n) is 9.01. The second-order valence-corrected chi connectivity index (χ2v) is 8.89. The lowest BCUT2D eigenvalue weighted by molar-refractivity contribution is -0.126. The van der Waals surface area contributed by atoms with Crippen molar-refractivity contribution >= 4 is 27.0 Å². The monoisotopic (exact) mass is 378 g/mol. The van der Waals surface area contributed by atoms with E-state index in [0.29, 0.717) is 13.1 Å². The highest BCUT2D eigenvalue weighted by atomic mass is 32.2. The molecule has 1 fully saturated rings. The lowest BCUT2D eigenvalue weighted by atomic mass is 9.99. The highest BCUT2D eigenvalue weighted by molar-refractivity contribution is 7.88. The third-order valence-electron chi connectivity index (χ3n) is 4.93. The first-order chi connectivity index (χ1) is 12.4. The number of hydrogen-bond acceptors (Lipinski definition) is 4. The van der Waals surface area contributed by atoms with E-state index in [1.54, 1.807) is 0 Å². The summed E-state index contributed by atoms with van der Waals surface area (Å²) in [5, 5.41) is 2.96. The maximum absolute atomic E-state index is 12.4. The standard InChI is InChI=1S/C18H26N4O3S/c1-14-20-16-8-3-4-9-17(16)22(14)12-6-10-19-18(23)15-7-5-11-21(13-15)26(2,24)25/h3-4,8-9,15H,5-7,10-13H2,1-2H3,(H,19,23). The quantitative estimate of drug-likeness (QED) is 0.773. The summed E-state index contributed by atoms with van der Waals surface area (Å²) in [6.45, 7) is 4.14. The molecule has 1 amide bonds. The number of carbonyl (C=O) groups excluding carboxylic acids is 1. The van der Waals surface area contributed by atoms with Gasteiger partial charge in [0.25, 0.3) is 0 Å². The van der Waals surface area contributed by atoms with Crippen LogP contribution < -0.4 is 5.32 Å². The van der Waals surface area contributed by atoms with Crippen LogP contribution in [0.15, 0.2) is 24.3 Å². The van der Waals surface area contributed by atoms with E-state index < -0.39 is 10.0 Å². The average Bonchev–Trinajstić information content (AvgIpc) is 2.93. The lowest BCUT2D eigenvalue weighted by Gasteiger charge is -2.30. The van der Waals surface area contributed by atoms with Crippen molar-refractivity contribution in [2.24, 2.45) is 5.92 Å². The van der Waals surface area contributed by atoms with Gasteiger partial charge in [0.05, 0.1) is 23.2 Å². The lowest BCUT2D eigenvalue weighted by Crippen LogP contribution is -2.45. The van der Waals surface area contributed by atoms with Gasteiger partial charge in [0.2, 0.25) is 15.9 Å². The Balaban J connectivity index is 1.50. The van der Waals surface area contributed by atoms with Crippen LogP contribution in [-0.2, 0) is 21.4 Å². The molecule has 0 bridgehead atoms. The van der Waals surface area contributed by atoms with Crippen molar-refractivity contribution in [3.63, 3.8) is 0 Å². The maximum Gasteiger partial charge on any atom is 0.224 e. The van der Waals surface area contributed by atoms with Crippen LogP contribution in [-0.4, -0.2) is 54.1 Å². The van der Waals surface area contributed by atoms with Crippen molar-refractivity contribution in [3.05, 3.63) is 30.1 Å². The number of benzene rings is 1. The summed E-state index contributed by atoms with van der Waals surface area (Å²) in [6.07, 6.45) is 3.47. The van der Waals surface area contributed by atoms with E-state index in [9.17, 15) is 13.2 Å². The molecule has 1 aromatic heterocycles. The Hall–Kier alpha value is -1.93. The number of sulfonamides is 1. The summed E-state index contributed by atoms with van der Waals surface area (Å²) in [7, 11) is -3.23. The van der Waals surface area contributed by atoms with Gasteiger partial charge < -0.3 is 9.88 Å². The van der Waals surface area contributed by atoms with E-state index in [1.807, 2.05) is 25.1 Å². The van der Waals surface area contributed by atoms with Gasteiger partial charge in [0.1, 0.15) is 5.82 Å². The SMILES string of the molecule is Cc1nc2ccccc2n1CCCNC(=O)C1CCCN(S(C)(=O)=O)C1. The molecule has 26 heavy (non-hydrogen) atoms. The predicted octanol–water partition coefficient (Wildman–Crippen LogP) is 1.52. The number of fused-ring (bicyclic) bond motifs is 1. The number of nitrogens with zero attached hydrogens (tertiary/aromatic N) is 3. The van der Waals surface area contributed by atoms with Gasteiger partial charge in [-0.05, 0) is 38.3 Å². The van der Waals surface area contributed by atoms with Crippen molar-refractivity contribution in [2.75, 3.05) is 25.9 Å². The van der Waals surface area contributed by atoms with Crippen LogP contribution in [0, 0.1) is 12.8 Å². The van der Waals surface area contributed by atoms with Crippen LogP contribution in [0.4, 0.5) is 0 Å². The summed E-state index contributed by atoms with van der Waals surface area (Å²) in [6, 6.07) is 8.02. The van der Waals surface area contributed by atoms with Crippen LogP contribution in [0.1, 0.15) is 25.1 Å². The fraction of sp³-hybridized carbons (Fsp3) is 0.556. The molecule has 8 heteroatoms. The number of amides is 1. The van der Waals surface area contributed by atoms with Crippen molar-refractivity contribution in [1.82, 2.24) is 19.2 Å². The van der Waals surface area contributed by atoms with Crippen LogP contribution in [0.5, 0.6) is 0 Å². The Labute approximate surface area is 154 Å². The third-order valence-corrected chi connectivity index (χ3v) is 6.20. The molecule has 1 atom stereocenters. The van der Waals surface area contributed by atoms with E-state index in [0.717, 1.165) is 42.7 Å². The molecule has 142 valence electrons. The molecule has 0 spiro atoms. The first kappa shape index (κ1) is 18.8. The van der Waals surface area contributed by atoms with Gasteiger partial charge in [-0.15, -0.1) is 0 Å². The second-order valence-electron chi connectivity index (χ2n) is 6.90. The molecule has 3 rings (SSSR count). The minimum atomic E-state index is -3.23. The number of carbonyl (C=O) groups is 1. The summed E-state index contributed by atoms with van der Waals surface area (Å²) < 4.78 is 26.9. The molecule has 1 aliphatic heterocycles. The van der Waals surface area contributed by atoms with Crippen LogP contribution in [0.3, 0.4) is 0 Å². The normalized spacial score (nSPS) is 18.9. The van der Waals surface area contributed by atoms with E-state index in [4.69, 9.17) is 0 Å². The molecule has 0 aliphatic carbocycles. The number of aryl methyl sites for hydroxylation is 2. The fourth-order valence-corrected chi connectivity index (χ4v) is 4.44. The Morgan fingerprint density at radius 1 is 1.35 bits per heavy atom. The zero-order valence-electron chi connectivity index (χ0n) is 15.3. The summed E-state index contributed by atoms with van der Waals surface area (Å²) >= 11 is 0. The van der Waals surface area contributed by atoms with Crippen molar-refractivity contribution in [2.45, 2.75) is 32.7 Å². The number of para-hydroxylation sites is 2. The van der Waals surface area contributed by atoms with Crippen molar-refractivity contribution < 1.29 is 13.2 Å². The number of imidazole rings is 1.